The molecule has 0 unspecified atom stereocenters. The topological polar surface area (TPSA) is 77.6 Å². The molecule has 3 rings (SSSR count). The monoisotopic (exact) mass is 455 g/mol. The number of rotatable bonds is 4. The number of thioether (sulfide) groups is 1. The van der Waals surface area contributed by atoms with E-state index in [1.807, 2.05) is 39.2 Å². The molecular formula is C19H26BrN3O3S. The van der Waals surface area contributed by atoms with Crippen LogP contribution in [0.1, 0.15) is 38.1 Å². The SMILES string of the molecule is CSC[C@@H](NC(=O)OC(C)(C)C)[C@@H]1c2[nH]c3cc(Br)ccc3c2CCN1O. The molecule has 27 heavy (non-hydrogen) atoms. The molecule has 148 valence electrons. The number of alkyl carbamates (subject to hydrolysis) is 1. The van der Waals surface area contributed by atoms with Crippen LogP contribution in [-0.2, 0) is 11.2 Å². The molecule has 0 fully saturated rings. The number of hydrogen-bond donors (Lipinski definition) is 3. The van der Waals surface area contributed by atoms with Gasteiger partial charge < -0.3 is 20.2 Å². The van der Waals surface area contributed by atoms with Crippen LogP contribution in [0.15, 0.2) is 22.7 Å². The van der Waals surface area contributed by atoms with Crippen LogP contribution in [0, 0.1) is 0 Å². The lowest BCUT2D eigenvalue weighted by molar-refractivity contribution is -0.141. The molecule has 2 atom stereocenters. The second-order valence-corrected chi connectivity index (χ2v) is 9.60. The van der Waals surface area contributed by atoms with Crippen LogP contribution in [0.4, 0.5) is 4.79 Å². The molecule has 0 saturated carbocycles. The van der Waals surface area contributed by atoms with Crippen molar-refractivity contribution in [2.75, 3.05) is 18.6 Å². The molecule has 2 aromatic rings. The van der Waals surface area contributed by atoms with Gasteiger partial charge in [-0.2, -0.15) is 16.8 Å². The van der Waals surface area contributed by atoms with Gasteiger partial charge in [-0.25, -0.2) is 4.79 Å². The number of nitrogens with zero attached hydrogens (tertiary/aromatic N) is 1. The van der Waals surface area contributed by atoms with E-state index in [1.165, 1.54) is 10.6 Å². The molecule has 1 amide bonds. The van der Waals surface area contributed by atoms with Gasteiger partial charge in [0.2, 0.25) is 0 Å². The minimum atomic E-state index is -0.571. The highest BCUT2D eigenvalue weighted by molar-refractivity contribution is 9.10. The number of carbonyl (C=O) groups is 1. The summed E-state index contributed by atoms with van der Waals surface area (Å²) in [6, 6.07) is 5.49. The van der Waals surface area contributed by atoms with Crippen LogP contribution in [0.2, 0.25) is 0 Å². The number of H-pyrrole nitrogens is 1. The molecule has 1 aromatic carbocycles. The Morgan fingerprint density at radius 3 is 2.93 bits per heavy atom. The summed E-state index contributed by atoms with van der Waals surface area (Å²) in [5.41, 5.74) is 2.60. The number of aromatic nitrogens is 1. The lowest BCUT2D eigenvalue weighted by atomic mass is 9.95. The molecule has 1 aromatic heterocycles. The summed E-state index contributed by atoms with van der Waals surface area (Å²) in [7, 11) is 0. The number of halogens is 1. The zero-order valence-corrected chi connectivity index (χ0v) is 18.4. The number of hydrogen-bond acceptors (Lipinski definition) is 5. The fraction of sp³-hybridized carbons (Fsp3) is 0.526. The van der Waals surface area contributed by atoms with E-state index in [4.69, 9.17) is 4.74 Å². The Labute approximate surface area is 172 Å². The first kappa shape index (κ1) is 20.5. The van der Waals surface area contributed by atoms with Crippen LogP contribution in [-0.4, -0.2) is 51.5 Å². The highest BCUT2D eigenvalue weighted by Gasteiger charge is 2.37. The molecule has 2 heterocycles. The number of ether oxygens (including phenoxy) is 1. The Kier molecular flexibility index (Phi) is 6.10. The highest BCUT2D eigenvalue weighted by Crippen LogP contribution is 2.37. The zero-order valence-electron chi connectivity index (χ0n) is 16.0. The van der Waals surface area contributed by atoms with Gasteiger partial charge in [0.05, 0.1) is 12.1 Å². The summed E-state index contributed by atoms with van der Waals surface area (Å²) in [6.45, 7) is 6.02. The number of benzene rings is 1. The zero-order chi connectivity index (χ0) is 19.8. The molecule has 0 aliphatic carbocycles. The van der Waals surface area contributed by atoms with Gasteiger partial charge in [0, 0.05) is 33.4 Å². The second-order valence-electron chi connectivity index (χ2n) is 7.77. The fourth-order valence-electron chi connectivity index (χ4n) is 3.54. The Morgan fingerprint density at radius 1 is 1.52 bits per heavy atom. The van der Waals surface area contributed by atoms with E-state index in [2.05, 4.69) is 32.3 Å². The Hall–Kier alpha value is -1.22. The van der Waals surface area contributed by atoms with E-state index in [-0.39, 0.29) is 12.1 Å². The smallest absolute Gasteiger partial charge is 0.407 e. The second kappa shape index (κ2) is 8.03. The minimum absolute atomic E-state index is 0.296. The molecule has 8 heteroatoms. The fourth-order valence-corrected chi connectivity index (χ4v) is 4.53. The van der Waals surface area contributed by atoms with Crippen LogP contribution < -0.4 is 5.32 Å². The van der Waals surface area contributed by atoms with E-state index >= 15 is 0 Å². The summed E-state index contributed by atoms with van der Waals surface area (Å²) in [6.07, 6.45) is 2.26. The standard InChI is InChI=1S/C19H26BrN3O3S/c1-19(2,3)26-18(24)22-15(10-27-4)17-16-13(7-8-23(17)25)12-6-5-11(20)9-14(12)21-16/h5-6,9,15,17,21,25H,7-8,10H2,1-4H3,(H,22,24)/t15-,17-/m1/s1. The van der Waals surface area contributed by atoms with Crippen LogP contribution in [0.3, 0.4) is 0 Å². The quantitative estimate of drug-likeness (QED) is 0.633. The Bertz CT molecular complexity index is 833. The van der Waals surface area contributed by atoms with E-state index in [0.29, 0.717) is 12.3 Å². The molecule has 0 radical (unpaired) electrons. The maximum atomic E-state index is 12.4. The van der Waals surface area contributed by atoms with Crippen molar-refractivity contribution in [1.29, 1.82) is 0 Å². The largest absolute Gasteiger partial charge is 0.444 e. The van der Waals surface area contributed by atoms with Crippen molar-refractivity contribution in [2.24, 2.45) is 0 Å². The number of fused-ring (bicyclic) bond motifs is 3. The minimum Gasteiger partial charge on any atom is -0.444 e. The molecule has 3 N–H and O–H groups in total. The van der Waals surface area contributed by atoms with Gasteiger partial charge in [0.15, 0.2) is 0 Å². The van der Waals surface area contributed by atoms with Crippen molar-refractivity contribution >= 4 is 44.7 Å². The van der Waals surface area contributed by atoms with Crippen molar-refractivity contribution < 1.29 is 14.7 Å². The maximum Gasteiger partial charge on any atom is 0.407 e. The van der Waals surface area contributed by atoms with Gasteiger partial charge in [-0.3, -0.25) is 0 Å². The predicted molar refractivity (Wildman–Crippen MR) is 112 cm³/mol. The molecule has 1 aliphatic heterocycles. The maximum absolute atomic E-state index is 12.4. The van der Waals surface area contributed by atoms with Crippen molar-refractivity contribution in [2.45, 2.75) is 44.9 Å². The third kappa shape index (κ3) is 4.62. The first-order chi connectivity index (χ1) is 12.7. The molecule has 0 saturated heterocycles. The average molecular weight is 456 g/mol. The van der Waals surface area contributed by atoms with Gasteiger partial charge in [-0.05, 0) is 51.1 Å². The number of nitrogens with one attached hydrogen (secondary N) is 2. The van der Waals surface area contributed by atoms with E-state index in [9.17, 15) is 10.0 Å². The van der Waals surface area contributed by atoms with E-state index in [0.717, 1.165) is 27.5 Å². The predicted octanol–water partition coefficient (Wildman–Crippen LogP) is 4.48. The normalized spacial score (nSPS) is 19.0. The van der Waals surface area contributed by atoms with Gasteiger partial charge in [-0.15, -0.1) is 0 Å². The van der Waals surface area contributed by atoms with Crippen molar-refractivity contribution in [3.05, 3.63) is 33.9 Å². The Morgan fingerprint density at radius 2 is 2.26 bits per heavy atom. The number of aromatic amines is 1. The summed E-state index contributed by atoms with van der Waals surface area (Å²) in [4.78, 5) is 15.8. The third-order valence-electron chi connectivity index (χ3n) is 4.54. The molecule has 0 bridgehead atoms. The lowest BCUT2D eigenvalue weighted by Gasteiger charge is -2.36. The van der Waals surface area contributed by atoms with Crippen molar-refractivity contribution in [3.8, 4) is 0 Å². The third-order valence-corrected chi connectivity index (χ3v) is 5.72. The molecular weight excluding hydrogens is 430 g/mol. The van der Waals surface area contributed by atoms with E-state index in [1.54, 1.807) is 11.8 Å². The average Bonchev–Trinajstić information content (AvgIpc) is 2.89. The summed E-state index contributed by atoms with van der Waals surface area (Å²) < 4.78 is 6.43. The van der Waals surface area contributed by atoms with Crippen molar-refractivity contribution in [3.63, 3.8) is 0 Å². The van der Waals surface area contributed by atoms with E-state index < -0.39 is 11.7 Å². The number of carbonyl (C=O) groups excluding carboxylic acids is 1. The summed E-state index contributed by atoms with van der Waals surface area (Å²) >= 11 is 5.13. The van der Waals surface area contributed by atoms with Gasteiger partial charge in [0.1, 0.15) is 5.60 Å². The molecule has 6 nitrogen and oxygen atoms in total. The summed E-state index contributed by atoms with van der Waals surface area (Å²) in [5.74, 6) is 0.652. The highest BCUT2D eigenvalue weighted by atomic mass is 79.9. The van der Waals surface area contributed by atoms with Crippen molar-refractivity contribution in [1.82, 2.24) is 15.4 Å². The van der Waals surface area contributed by atoms with Gasteiger partial charge >= 0.3 is 6.09 Å². The Balaban J connectivity index is 1.95. The van der Waals surface area contributed by atoms with Gasteiger partial charge in [-0.1, -0.05) is 22.0 Å². The van der Waals surface area contributed by atoms with Crippen LogP contribution in [0.5, 0.6) is 0 Å². The molecule has 0 spiro atoms. The number of hydroxylamine groups is 2. The lowest BCUT2D eigenvalue weighted by Crippen LogP contribution is -2.50. The summed E-state index contributed by atoms with van der Waals surface area (Å²) in [5, 5.41) is 16.1. The van der Waals surface area contributed by atoms with Crippen LogP contribution in [0.25, 0.3) is 10.9 Å². The molecule has 1 aliphatic rings. The number of amides is 1. The van der Waals surface area contributed by atoms with Gasteiger partial charge in [0.25, 0.3) is 0 Å². The first-order valence-electron chi connectivity index (χ1n) is 8.93. The van der Waals surface area contributed by atoms with Crippen LogP contribution >= 0.6 is 27.7 Å². The first-order valence-corrected chi connectivity index (χ1v) is 11.1.